The second-order valence-corrected chi connectivity index (χ2v) is 8.38. The normalized spacial score (nSPS) is 15.7. The Labute approximate surface area is 192 Å². The van der Waals surface area contributed by atoms with E-state index in [2.05, 4.69) is 63.1 Å². The fourth-order valence-electron chi connectivity index (χ4n) is 4.49. The first-order valence-corrected chi connectivity index (χ1v) is 11.1. The molecule has 4 aromatic rings. The number of rotatable bonds is 5. The molecule has 4 heterocycles. The van der Waals surface area contributed by atoms with E-state index in [0.29, 0.717) is 11.6 Å². The second kappa shape index (κ2) is 8.54. The summed E-state index contributed by atoms with van der Waals surface area (Å²) in [7, 11) is 3.46. The number of fused-ring (bicyclic) bond motifs is 1. The maximum absolute atomic E-state index is 11.8. The van der Waals surface area contributed by atoms with E-state index in [1.807, 2.05) is 18.3 Å². The lowest BCUT2D eigenvalue weighted by atomic mass is 10.1. The Balaban J connectivity index is 1.52. The van der Waals surface area contributed by atoms with Crippen molar-refractivity contribution in [2.45, 2.75) is 25.8 Å². The van der Waals surface area contributed by atoms with Gasteiger partial charge >= 0.3 is 5.97 Å². The number of ether oxygens (including phenoxy) is 1. The summed E-state index contributed by atoms with van der Waals surface area (Å²) in [4.78, 5) is 18.7. The van der Waals surface area contributed by atoms with E-state index >= 15 is 0 Å². The van der Waals surface area contributed by atoms with Gasteiger partial charge < -0.3 is 4.74 Å². The summed E-state index contributed by atoms with van der Waals surface area (Å²) in [5, 5.41) is 7.92. The van der Waals surface area contributed by atoms with E-state index in [0.717, 1.165) is 34.8 Å². The van der Waals surface area contributed by atoms with Crippen LogP contribution in [0.4, 0.5) is 17.3 Å². The highest BCUT2D eigenvalue weighted by Crippen LogP contribution is 2.28. The van der Waals surface area contributed by atoms with Crippen molar-refractivity contribution in [2.75, 3.05) is 23.9 Å². The fourth-order valence-corrected chi connectivity index (χ4v) is 4.49. The highest BCUT2D eigenvalue weighted by molar-refractivity contribution is 5.90. The minimum atomic E-state index is -0.352. The van der Waals surface area contributed by atoms with Gasteiger partial charge in [-0.3, -0.25) is 10.2 Å². The smallest absolute Gasteiger partial charge is 0.337 e. The Kier molecular flexibility index (Phi) is 5.42. The molecule has 168 valence electrons. The van der Waals surface area contributed by atoms with Crippen LogP contribution in [0, 0.1) is 0 Å². The van der Waals surface area contributed by atoms with Gasteiger partial charge in [0.2, 0.25) is 11.6 Å². The summed E-state index contributed by atoms with van der Waals surface area (Å²) in [5.74, 6) is 1.81. The monoisotopic (exact) mass is 443 g/mol. The molecule has 5 rings (SSSR count). The third-order valence-electron chi connectivity index (χ3n) is 6.33. The van der Waals surface area contributed by atoms with Gasteiger partial charge in [-0.2, -0.15) is 5.10 Å². The van der Waals surface area contributed by atoms with E-state index in [-0.39, 0.29) is 5.97 Å². The minimum absolute atomic E-state index is 0.352. The zero-order valence-corrected chi connectivity index (χ0v) is 19.0. The molecule has 1 saturated heterocycles. The van der Waals surface area contributed by atoms with Crippen molar-refractivity contribution in [3.8, 4) is 11.1 Å². The predicted molar refractivity (Wildman–Crippen MR) is 127 cm³/mol. The topological polar surface area (TPSA) is 75.6 Å². The molecule has 1 atom stereocenters. The molecular weight excluding hydrogens is 416 g/mol. The number of carbonyl (C=O) groups excluding carboxylic acids is 1. The first kappa shape index (κ1) is 20.9. The van der Waals surface area contributed by atoms with Crippen LogP contribution in [0.5, 0.6) is 0 Å². The lowest BCUT2D eigenvalue weighted by Gasteiger charge is -2.21. The average Bonchev–Trinajstić information content (AvgIpc) is 3.49. The van der Waals surface area contributed by atoms with E-state index in [9.17, 15) is 4.79 Å². The van der Waals surface area contributed by atoms with Crippen LogP contribution in [0.2, 0.25) is 0 Å². The standard InChI is InChI=1S/C25H26N6O2/c1-17-6-5-13-30(17)23-8-4-7-22(29(23)2)28-21-14-20(15-31-24(21)26-16-27-31)18-9-11-19(12-10-18)25(32)33-3/h4,7-12,14-17H,5-6,13H2,1-3H3/p+1. The molecule has 1 N–H and O–H groups in total. The van der Waals surface area contributed by atoms with Gasteiger partial charge in [-0.1, -0.05) is 12.1 Å². The van der Waals surface area contributed by atoms with Gasteiger partial charge in [0.1, 0.15) is 12.0 Å². The molecule has 1 fully saturated rings. The minimum Gasteiger partial charge on any atom is -0.465 e. The second-order valence-electron chi connectivity index (χ2n) is 8.38. The lowest BCUT2D eigenvalue weighted by molar-refractivity contribution is -0.644. The molecule has 8 heteroatoms. The number of pyridine rings is 2. The van der Waals surface area contributed by atoms with Crippen LogP contribution in [0.3, 0.4) is 0 Å². The quantitative estimate of drug-likeness (QED) is 0.374. The summed E-state index contributed by atoms with van der Waals surface area (Å²) in [5.41, 5.74) is 4.03. The van der Waals surface area contributed by atoms with Crippen molar-refractivity contribution >= 4 is 28.9 Å². The molecule has 1 aliphatic rings. The van der Waals surface area contributed by atoms with Crippen LogP contribution in [-0.2, 0) is 11.8 Å². The highest BCUT2D eigenvalue weighted by Gasteiger charge is 2.28. The number of benzene rings is 1. The molecule has 0 spiro atoms. The number of hydrogen-bond acceptors (Lipinski definition) is 6. The summed E-state index contributed by atoms with van der Waals surface area (Å²) < 4.78 is 8.75. The molecular formula is C25H27N6O2+. The fraction of sp³-hybridized carbons (Fsp3) is 0.280. The van der Waals surface area contributed by atoms with Gasteiger partial charge in [0.25, 0.3) is 0 Å². The van der Waals surface area contributed by atoms with Crippen molar-refractivity contribution in [1.82, 2.24) is 14.6 Å². The zero-order valence-electron chi connectivity index (χ0n) is 19.0. The van der Waals surface area contributed by atoms with Gasteiger partial charge in [-0.05, 0) is 49.6 Å². The number of anilines is 3. The molecule has 8 nitrogen and oxygen atoms in total. The molecule has 3 aromatic heterocycles. The summed E-state index contributed by atoms with van der Waals surface area (Å²) in [6.45, 7) is 3.35. The molecule has 1 aliphatic heterocycles. The summed E-state index contributed by atoms with van der Waals surface area (Å²) in [6.07, 6.45) is 5.92. The maximum Gasteiger partial charge on any atom is 0.337 e. The van der Waals surface area contributed by atoms with Gasteiger partial charge in [-0.25, -0.2) is 18.9 Å². The van der Waals surface area contributed by atoms with Crippen LogP contribution >= 0.6 is 0 Å². The van der Waals surface area contributed by atoms with Crippen molar-refractivity contribution in [1.29, 1.82) is 0 Å². The maximum atomic E-state index is 11.8. The third-order valence-corrected chi connectivity index (χ3v) is 6.33. The number of aromatic nitrogens is 4. The molecule has 33 heavy (non-hydrogen) atoms. The van der Waals surface area contributed by atoms with Gasteiger partial charge in [0.05, 0.1) is 32.3 Å². The number of methoxy groups -OCH3 is 1. The Morgan fingerprint density at radius 3 is 2.73 bits per heavy atom. The van der Waals surface area contributed by atoms with Crippen molar-refractivity contribution in [2.24, 2.45) is 7.05 Å². The number of esters is 1. The number of carbonyl (C=O) groups is 1. The largest absolute Gasteiger partial charge is 0.465 e. The number of nitrogens with one attached hydrogen (secondary N) is 1. The molecule has 0 bridgehead atoms. The lowest BCUT2D eigenvalue weighted by Crippen LogP contribution is -2.42. The summed E-state index contributed by atoms with van der Waals surface area (Å²) in [6, 6.07) is 16.2. The van der Waals surface area contributed by atoms with Crippen LogP contribution in [-0.4, -0.2) is 40.3 Å². The van der Waals surface area contributed by atoms with E-state index < -0.39 is 0 Å². The van der Waals surface area contributed by atoms with Crippen LogP contribution in [0.25, 0.3) is 16.8 Å². The van der Waals surface area contributed by atoms with Crippen LogP contribution < -0.4 is 14.8 Å². The van der Waals surface area contributed by atoms with Gasteiger partial charge in [0.15, 0.2) is 5.65 Å². The molecule has 0 saturated carbocycles. The SMILES string of the molecule is COC(=O)c1ccc(-c2cc(Nc3cccc(N4CCCC4C)[n+]3C)c3ncnn3c2)cc1. The molecule has 0 amide bonds. The molecule has 1 unspecified atom stereocenters. The van der Waals surface area contributed by atoms with E-state index in [4.69, 9.17) is 4.74 Å². The van der Waals surface area contributed by atoms with Gasteiger partial charge in [-0.15, -0.1) is 0 Å². The Hall–Kier alpha value is -3.94. The summed E-state index contributed by atoms with van der Waals surface area (Å²) >= 11 is 0. The first-order valence-electron chi connectivity index (χ1n) is 11.1. The van der Waals surface area contributed by atoms with E-state index in [1.54, 1.807) is 23.0 Å². The molecule has 0 radical (unpaired) electrons. The highest BCUT2D eigenvalue weighted by atomic mass is 16.5. The number of nitrogens with zero attached hydrogens (tertiary/aromatic N) is 5. The van der Waals surface area contributed by atoms with Gasteiger partial charge in [0, 0.05) is 23.9 Å². The van der Waals surface area contributed by atoms with E-state index in [1.165, 1.54) is 25.8 Å². The predicted octanol–water partition coefficient (Wildman–Crippen LogP) is 3.74. The first-order chi connectivity index (χ1) is 16.0. The Morgan fingerprint density at radius 2 is 2.00 bits per heavy atom. The van der Waals surface area contributed by atoms with Crippen molar-refractivity contribution in [3.05, 3.63) is 66.6 Å². The Morgan fingerprint density at radius 1 is 1.18 bits per heavy atom. The molecule has 1 aromatic carbocycles. The van der Waals surface area contributed by atoms with Crippen molar-refractivity contribution in [3.63, 3.8) is 0 Å². The molecule has 0 aliphatic carbocycles. The Bertz CT molecular complexity index is 1310. The zero-order chi connectivity index (χ0) is 22.9. The van der Waals surface area contributed by atoms with Crippen LogP contribution in [0.1, 0.15) is 30.1 Å². The average molecular weight is 444 g/mol. The van der Waals surface area contributed by atoms with Crippen molar-refractivity contribution < 1.29 is 14.1 Å². The number of hydrogen-bond donors (Lipinski definition) is 1. The third kappa shape index (κ3) is 3.88. The van der Waals surface area contributed by atoms with Crippen LogP contribution in [0.15, 0.2) is 61.1 Å².